The topological polar surface area (TPSA) is 45.4 Å². The summed E-state index contributed by atoms with van der Waals surface area (Å²) in [7, 11) is -0.183. The lowest BCUT2D eigenvalue weighted by Gasteiger charge is -2.42. The molecule has 3 aliphatic rings. The molecule has 4 unspecified atom stereocenters. The van der Waals surface area contributed by atoms with Crippen LogP contribution in [0.2, 0.25) is 0 Å². The van der Waals surface area contributed by atoms with Gasteiger partial charge in [-0.2, -0.15) is 8.78 Å². The van der Waals surface area contributed by atoms with Crippen LogP contribution in [0.3, 0.4) is 0 Å². The highest BCUT2D eigenvalue weighted by atomic mass is 32.2. The number of aromatic nitrogens is 2. The van der Waals surface area contributed by atoms with E-state index in [0.29, 0.717) is 10.8 Å². The molecular formula is C30H36F2N4OS. The van der Waals surface area contributed by atoms with Crippen molar-refractivity contribution in [2.75, 3.05) is 17.4 Å². The molecule has 2 heterocycles. The molecule has 0 amide bonds. The fourth-order valence-corrected chi connectivity index (χ4v) is 8.58. The van der Waals surface area contributed by atoms with E-state index in [9.17, 15) is 8.78 Å². The van der Waals surface area contributed by atoms with E-state index in [-0.39, 0.29) is 16.6 Å². The molecule has 0 N–H and O–H groups in total. The first-order valence-electron chi connectivity index (χ1n) is 13.8. The van der Waals surface area contributed by atoms with Gasteiger partial charge in [-0.25, -0.2) is 0 Å². The molecule has 38 heavy (non-hydrogen) atoms. The van der Waals surface area contributed by atoms with Crippen molar-refractivity contribution >= 4 is 22.2 Å². The molecule has 5 nitrogen and oxygen atoms in total. The Morgan fingerprint density at radius 3 is 2.47 bits per heavy atom. The number of hydrogen-bond donors (Lipinski definition) is 0. The van der Waals surface area contributed by atoms with Gasteiger partial charge in [0.05, 0.1) is 6.54 Å². The molecule has 8 heteroatoms. The molecule has 6 rings (SSSR count). The number of alkyl halides is 2. The molecule has 0 spiro atoms. The molecule has 3 fully saturated rings. The lowest BCUT2D eigenvalue weighted by atomic mass is 9.92. The molecular weight excluding hydrogens is 502 g/mol. The molecule has 2 aromatic carbocycles. The fourth-order valence-electron chi connectivity index (χ4n) is 6.77. The van der Waals surface area contributed by atoms with Gasteiger partial charge in [-0.1, -0.05) is 47.2 Å². The van der Waals surface area contributed by atoms with Crippen molar-refractivity contribution in [3.63, 3.8) is 0 Å². The highest BCUT2D eigenvalue weighted by molar-refractivity contribution is 8.15. The third-order valence-corrected chi connectivity index (χ3v) is 10.9. The smallest absolute Gasteiger partial charge is 0.314 e. The highest BCUT2D eigenvalue weighted by Gasteiger charge is 2.43. The number of aryl methyl sites for hydroxylation is 1. The number of anilines is 1. The summed E-state index contributed by atoms with van der Waals surface area (Å²) < 4.78 is 33.3. The van der Waals surface area contributed by atoms with Gasteiger partial charge in [-0.05, 0) is 99.3 Å². The summed E-state index contributed by atoms with van der Waals surface area (Å²) in [5.41, 5.74) is 4.19. The van der Waals surface area contributed by atoms with E-state index in [2.05, 4.69) is 50.6 Å². The molecule has 1 aliphatic heterocycles. The summed E-state index contributed by atoms with van der Waals surface area (Å²) in [4.78, 5) is 2.80. The monoisotopic (exact) mass is 538 g/mol. The van der Waals surface area contributed by atoms with Gasteiger partial charge in [0, 0.05) is 22.5 Å². The Morgan fingerprint density at radius 1 is 1.05 bits per heavy atom. The molecule has 3 aromatic rings. The fraction of sp³-hybridized carbons (Fsp3) is 0.500. The lowest BCUT2D eigenvalue weighted by molar-refractivity contribution is 0.116. The summed E-state index contributed by atoms with van der Waals surface area (Å²) in [5, 5.41) is 7.78. The van der Waals surface area contributed by atoms with Gasteiger partial charge in [-0.15, -0.1) is 10.2 Å². The molecule has 2 bridgehead atoms. The van der Waals surface area contributed by atoms with Gasteiger partial charge >= 0.3 is 6.43 Å². The largest absolute Gasteiger partial charge is 0.415 e. The van der Waals surface area contributed by atoms with Crippen LogP contribution in [0.5, 0.6) is 0 Å². The summed E-state index contributed by atoms with van der Waals surface area (Å²) in [6, 6.07) is 17.2. The van der Waals surface area contributed by atoms with Crippen LogP contribution in [0.1, 0.15) is 62.0 Å². The van der Waals surface area contributed by atoms with Gasteiger partial charge in [0.15, 0.2) is 0 Å². The number of rotatable bonds is 8. The van der Waals surface area contributed by atoms with E-state index < -0.39 is 12.3 Å². The van der Waals surface area contributed by atoms with Crippen molar-refractivity contribution in [1.82, 2.24) is 15.1 Å². The first-order valence-corrected chi connectivity index (χ1v) is 15.2. The second kappa shape index (κ2) is 10.9. The van der Waals surface area contributed by atoms with Crippen LogP contribution in [-0.4, -0.2) is 45.3 Å². The standard InChI is InChI=1S/C30H36F2N4OS/c1-20-4-3-5-25(16-20)36(19-21-6-9-23(10-7-21)29-33-34-30(37-29)28(31)32)38(2)26-12-14-35(15-13-26)27-18-22-8-11-24(27)17-22/h3-7,9-10,16,22,24,26-28H,2,8,11-15,17-19H2,1H3. The number of piperidine rings is 1. The van der Waals surface area contributed by atoms with Crippen molar-refractivity contribution in [3.8, 4) is 11.5 Å². The maximum Gasteiger partial charge on any atom is 0.314 e. The SMILES string of the molecule is C=S(C1CCN(C2CC3CCC2C3)CC1)N(Cc1ccc(-c2nnc(C(F)F)o2)cc1)c1cccc(C)c1. The van der Waals surface area contributed by atoms with Crippen molar-refractivity contribution in [3.05, 3.63) is 65.5 Å². The number of fused-ring (bicyclic) bond motifs is 2. The third-order valence-electron chi connectivity index (χ3n) is 8.76. The predicted molar refractivity (Wildman–Crippen MR) is 151 cm³/mol. The second-order valence-corrected chi connectivity index (χ2v) is 13.1. The minimum Gasteiger partial charge on any atom is -0.415 e. The van der Waals surface area contributed by atoms with Crippen LogP contribution in [0.15, 0.2) is 52.9 Å². The Labute approximate surface area is 226 Å². The summed E-state index contributed by atoms with van der Waals surface area (Å²) in [6.45, 7) is 5.25. The third kappa shape index (κ3) is 5.30. The molecule has 0 radical (unpaired) electrons. The van der Waals surface area contributed by atoms with Crippen LogP contribution < -0.4 is 4.31 Å². The first kappa shape index (κ1) is 25.7. The Morgan fingerprint density at radius 2 is 1.84 bits per heavy atom. The number of likely N-dealkylation sites (tertiary alicyclic amines) is 1. The van der Waals surface area contributed by atoms with Crippen molar-refractivity contribution in [2.45, 2.75) is 69.7 Å². The highest BCUT2D eigenvalue weighted by Crippen LogP contribution is 2.48. The molecule has 4 atom stereocenters. The van der Waals surface area contributed by atoms with E-state index in [4.69, 9.17) is 10.3 Å². The van der Waals surface area contributed by atoms with Crippen LogP contribution in [0.25, 0.3) is 11.5 Å². The van der Waals surface area contributed by atoms with Gasteiger partial charge in [0.2, 0.25) is 5.89 Å². The van der Waals surface area contributed by atoms with Crippen LogP contribution >= 0.6 is 10.7 Å². The minimum absolute atomic E-state index is 0.113. The lowest BCUT2D eigenvalue weighted by Crippen LogP contribution is -2.45. The van der Waals surface area contributed by atoms with Crippen molar-refractivity contribution < 1.29 is 13.2 Å². The zero-order chi connectivity index (χ0) is 26.2. The van der Waals surface area contributed by atoms with E-state index in [1.165, 1.54) is 62.9 Å². The zero-order valence-electron chi connectivity index (χ0n) is 21.9. The van der Waals surface area contributed by atoms with Gasteiger partial charge in [0.1, 0.15) is 0 Å². The van der Waals surface area contributed by atoms with E-state index >= 15 is 0 Å². The van der Waals surface area contributed by atoms with E-state index in [1.54, 1.807) is 0 Å². The van der Waals surface area contributed by atoms with E-state index in [0.717, 1.165) is 30.0 Å². The van der Waals surface area contributed by atoms with Crippen molar-refractivity contribution in [2.24, 2.45) is 11.8 Å². The molecule has 2 aliphatic carbocycles. The average molecular weight is 539 g/mol. The van der Waals surface area contributed by atoms with Crippen molar-refractivity contribution in [1.29, 1.82) is 0 Å². The van der Waals surface area contributed by atoms with E-state index in [1.807, 2.05) is 24.3 Å². The quantitative estimate of drug-likeness (QED) is 0.283. The first-order chi connectivity index (χ1) is 18.4. The van der Waals surface area contributed by atoms with Crippen LogP contribution in [-0.2, 0) is 6.54 Å². The Hall–Kier alpha value is -2.58. The number of halogens is 2. The normalized spacial score (nSPS) is 24.8. The Bertz CT molecular complexity index is 1270. The second-order valence-electron chi connectivity index (χ2n) is 11.2. The summed E-state index contributed by atoms with van der Waals surface area (Å²) in [5.74, 6) is 6.13. The number of benzene rings is 2. The molecule has 202 valence electrons. The average Bonchev–Trinajstić information content (AvgIpc) is 3.70. The minimum atomic E-state index is -2.77. The molecule has 1 saturated heterocycles. The maximum absolute atomic E-state index is 12.8. The zero-order valence-corrected chi connectivity index (χ0v) is 22.8. The Kier molecular flexibility index (Phi) is 7.36. The van der Waals surface area contributed by atoms with Crippen LogP contribution in [0.4, 0.5) is 14.5 Å². The molecule has 2 saturated carbocycles. The van der Waals surface area contributed by atoms with Gasteiger partial charge in [-0.3, -0.25) is 0 Å². The number of hydrogen-bond acceptors (Lipinski definition) is 5. The number of nitrogens with zero attached hydrogens (tertiary/aromatic N) is 4. The van der Waals surface area contributed by atoms with Crippen LogP contribution in [0, 0.1) is 18.8 Å². The summed E-state index contributed by atoms with van der Waals surface area (Å²) in [6.07, 6.45) is 5.41. The maximum atomic E-state index is 12.8. The Balaban J connectivity index is 1.16. The van der Waals surface area contributed by atoms with Gasteiger partial charge < -0.3 is 13.6 Å². The predicted octanol–water partition coefficient (Wildman–Crippen LogP) is 7.26. The molecule has 1 aromatic heterocycles. The van der Waals surface area contributed by atoms with Gasteiger partial charge in [0.25, 0.3) is 5.89 Å². The summed E-state index contributed by atoms with van der Waals surface area (Å²) >= 11 is 0.